The summed E-state index contributed by atoms with van der Waals surface area (Å²) in [6.45, 7) is 13.9. The van der Waals surface area contributed by atoms with E-state index in [9.17, 15) is 23.1 Å². The number of nitrogens with zero attached hydrogens (tertiary/aromatic N) is 3. The van der Waals surface area contributed by atoms with Crippen molar-refractivity contribution >= 4 is 21.8 Å². The molecule has 5 atom stereocenters. The number of pyridine rings is 1. The molecule has 46 heavy (non-hydrogen) atoms. The highest BCUT2D eigenvalue weighted by molar-refractivity contribution is 7.92. The Balaban J connectivity index is 1.49. The van der Waals surface area contributed by atoms with E-state index in [4.69, 9.17) is 4.74 Å². The standard InChI is InChI=1S/C34H51N5O6S/c1-23(2)31-30(14-17-46(31,43)44)45-33(42)36-27(18-25-10-8-7-9-11-25)29(40)22-39-16-15-38(20-26-13-12-24(3)35-19-26)21-28(39)32(41)37-34(4,5)6/h7-13,19,23,27-31,40H,14-18,20-22H2,1-6H3,(H,36,42)(H,37,41)/t27-,28-,29+,30+,31+/m0/s1. The lowest BCUT2D eigenvalue weighted by Gasteiger charge is -2.43. The lowest BCUT2D eigenvalue weighted by molar-refractivity contribution is -0.131. The van der Waals surface area contributed by atoms with Gasteiger partial charge in [0.25, 0.3) is 0 Å². The second-order valence-electron chi connectivity index (χ2n) is 14.1. The number of aromatic nitrogens is 1. The van der Waals surface area contributed by atoms with Gasteiger partial charge >= 0.3 is 6.09 Å². The van der Waals surface area contributed by atoms with Gasteiger partial charge in [-0.2, -0.15) is 0 Å². The minimum atomic E-state index is -3.35. The Morgan fingerprint density at radius 2 is 1.80 bits per heavy atom. The third-order valence-corrected chi connectivity index (χ3v) is 11.1. The van der Waals surface area contributed by atoms with Crippen LogP contribution in [0.4, 0.5) is 4.79 Å². The summed E-state index contributed by atoms with van der Waals surface area (Å²) in [4.78, 5) is 35.4. The van der Waals surface area contributed by atoms with Crippen LogP contribution in [-0.2, 0) is 32.3 Å². The van der Waals surface area contributed by atoms with E-state index in [1.54, 1.807) is 0 Å². The first-order valence-electron chi connectivity index (χ1n) is 16.2. The normalized spacial score (nSPS) is 23.5. The highest BCUT2D eigenvalue weighted by Crippen LogP contribution is 2.29. The number of hydrogen-bond donors (Lipinski definition) is 3. The number of sulfone groups is 1. The molecule has 0 spiro atoms. The number of nitrogens with one attached hydrogen (secondary N) is 2. The number of benzene rings is 1. The molecule has 2 fully saturated rings. The van der Waals surface area contributed by atoms with Gasteiger partial charge in [-0.15, -0.1) is 0 Å². The number of β-amino-alcohol motifs (C(OH)–C–C–N with tert-alkyl or cyclic N) is 1. The van der Waals surface area contributed by atoms with Crippen molar-refractivity contribution in [3.05, 3.63) is 65.5 Å². The first-order valence-corrected chi connectivity index (χ1v) is 17.9. The predicted octanol–water partition coefficient (Wildman–Crippen LogP) is 2.70. The zero-order valence-corrected chi connectivity index (χ0v) is 28.8. The molecular formula is C34H51N5O6S. The fraction of sp³-hybridized carbons (Fsp3) is 0.618. The van der Waals surface area contributed by atoms with Crippen LogP contribution in [0.2, 0.25) is 0 Å². The van der Waals surface area contributed by atoms with Gasteiger partial charge in [0.2, 0.25) is 5.91 Å². The molecule has 11 nitrogen and oxygen atoms in total. The molecule has 1 aromatic heterocycles. The van der Waals surface area contributed by atoms with Gasteiger partial charge in [0.15, 0.2) is 9.84 Å². The van der Waals surface area contributed by atoms with Crippen LogP contribution in [0, 0.1) is 12.8 Å². The van der Waals surface area contributed by atoms with Crippen molar-refractivity contribution in [2.24, 2.45) is 5.92 Å². The van der Waals surface area contributed by atoms with Crippen molar-refractivity contribution in [2.45, 2.75) is 96.0 Å². The average Bonchev–Trinajstić information content (AvgIpc) is 3.27. The number of aryl methyl sites for hydroxylation is 1. The van der Waals surface area contributed by atoms with Crippen LogP contribution in [0.5, 0.6) is 0 Å². The topological polar surface area (TPSA) is 141 Å². The fourth-order valence-corrected chi connectivity index (χ4v) is 8.73. The number of piperazine rings is 1. The minimum absolute atomic E-state index is 0.0196. The van der Waals surface area contributed by atoms with E-state index in [2.05, 4.69) is 20.5 Å². The van der Waals surface area contributed by atoms with Crippen LogP contribution >= 0.6 is 0 Å². The third kappa shape index (κ3) is 9.97. The number of rotatable bonds is 11. The molecule has 3 N–H and O–H groups in total. The van der Waals surface area contributed by atoms with Gasteiger partial charge in [0.1, 0.15) is 17.4 Å². The van der Waals surface area contributed by atoms with Crippen molar-refractivity contribution in [2.75, 3.05) is 31.9 Å². The maximum Gasteiger partial charge on any atom is 0.407 e. The smallest absolute Gasteiger partial charge is 0.407 e. The highest BCUT2D eigenvalue weighted by Gasteiger charge is 2.45. The average molecular weight is 658 g/mol. The molecule has 2 aliphatic heterocycles. The van der Waals surface area contributed by atoms with Gasteiger partial charge in [0.05, 0.1) is 17.9 Å². The van der Waals surface area contributed by atoms with Crippen LogP contribution in [0.3, 0.4) is 0 Å². The molecule has 2 saturated heterocycles. The summed E-state index contributed by atoms with van der Waals surface area (Å²) in [7, 11) is -3.35. The van der Waals surface area contributed by atoms with E-state index in [0.717, 1.165) is 16.8 Å². The highest BCUT2D eigenvalue weighted by atomic mass is 32.2. The summed E-state index contributed by atoms with van der Waals surface area (Å²) in [6.07, 6.45) is -0.115. The van der Waals surface area contributed by atoms with Crippen molar-refractivity contribution in [3.8, 4) is 0 Å². The number of carbonyl (C=O) groups excluding carboxylic acids is 2. The Hall–Kier alpha value is -3.06. The Kier molecular flexibility index (Phi) is 11.8. The third-order valence-electron chi connectivity index (χ3n) is 8.63. The zero-order valence-electron chi connectivity index (χ0n) is 28.0. The fourth-order valence-electron chi connectivity index (χ4n) is 6.41. The van der Waals surface area contributed by atoms with Crippen molar-refractivity contribution in [1.29, 1.82) is 0 Å². The van der Waals surface area contributed by atoms with Crippen LogP contribution in [0.15, 0.2) is 48.7 Å². The summed E-state index contributed by atoms with van der Waals surface area (Å²) in [5, 5.41) is 16.8. The molecule has 2 aromatic rings. The predicted molar refractivity (Wildman–Crippen MR) is 178 cm³/mol. The number of ether oxygens (including phenoxy) is 1. The van der Waals surface area contributed by atoms with Crippen molar-refractivity contribution < 1.29 is 27.9 Å². The maximum absolute atomic E-state index is 13.6. The molecule has 0 radical (unpaired) electrons. The van der Waals surface area contributed by atoms with Crippen LogP contribution in [-0.4, -0.2) is 107 Å². The van der Waals surface area contributed by atoms with E-state index >= 15 is 0 Å². The number of carbonyl (C=O) groups is 2. The van der Waals surface area contributed by atoms with Crippen molar-refractivity contribution in [1.82, 2.24) is 25.4 Å². The molecule has 2 amide bonds. The molecule has 12 heteroatoms. The Labute approximate surface area is 274 Å². The van der Waals surface area contributed by atoms with Gasteiger partial charge in [0, 0.05) is 50.2 Å². The summed E-state index contributed by atoms with van der Waals surface area (Å²) in [6, 6.07) is 12.3. The van der Waals surface area contributed by atoms with E-state index < -0.39 is 51.0 Å². The number of aliphatic hydroxyl groups excluding tert-OH is 1. The second kappa shape index (κ2) is 15.2. The Morgan fingerprint density at radius 1 is 1.09 bits per heavy atom. The minimum Gasteiger partial charge on any atom is -0.445 e. The first kappa shape index (κ1) is 35.8. The van der Waals surface area contributed by atoms with Crippen LogP contribution in [0.1, 0.15) is 57.9 Å². The summed E-state index contributed by atoms with van der Waals surface area (Å²) >= 11 is 0. The lowest BCUT2D eigenvalue weighted by atomic mass is 9.99. The van der Waals surface area contributed by atoms with Gasteiger partial charge < -0.3 is 20.5 Å². The quantitative estimate of drug-likeness (QED) is 0.333. The van der Waals surface area contributed by atoms with E-state index in [1.807, 2.05) is 95.1 Å². The van der Waals surface area contributed by atoms with Gasteiger partial charge in [-0.1, -0.05) is 50.2 Å². The number of amides is 2. The monoisotopic (exact) mass is 657 g/mol. The first-order chi connectivity index (χ1) is 21.6. The molecule has 3 heterocycles. The van der Waals surface area contributed by atoms with Crippen molar-refractivity contribution in [3.63, 3.8) is 0 Å². The molecule has 4 rings (SSSR count). The molecule has 254 valence electrons. The zero-order chi connectivity index (χ0) is 33.6. The van der Waals surface area contributed by atoms with E-state index in [-0.39, 0.29) is 30.5 Å². The molecule has 0 unspecified atom stereocenters. The second-order valence-corrected chi connectivity index (χ2v) is 16.4. The van der Waals surface area contributed by atoms with Crippen LogP contribution in [0.25, 0.3) is 0 Å². The molecular weight excluding hydrogens is 606 g/mol. The summed E-state index contributed by atoms with van der Waals surface area (Å²) in [5.74, 6) is -0.345. The maximum atomic E-state index is 13.6. The summed E-state index contributed by atoms with van der Waals surface area (Å²) < 4.78 is 30.9. The molecule has 0 bridgehead atoms. The lowest BCUT2D eigenvalue weighted by Crippen LogP contribution is -2.63. The largest absolute Gasteiger partial charge is 0.445 e. The van der Waals surface area contributed by atoms with Gasteiger partial charge in [-0.25, -0.2) is 13.2 Å². The molecule has 2 aliphatic rings. The number of hydrogen-bond acceptors (Lipinski definition) is 9. The molecule has 1 aromatic carbocycles. The van der Waals surface area contributed by atoms with E-state index in [0.29, 0.717) is 32.6 Å². The number of alkyl carbamates (subject to hydrolysis) is 1. The summed E-state index contributed by atoms with van der Waals surface area (Å²) in [5.41, 5.74) is 2.48. The molecule has 0 aliphatic carbocycles. The number of aliphatic hydroxyl groups is 1. The Bertz CT molecular complexity index is 1410. The van der Waals surface area contributed by atoms with Gasteiger partial charge in [-0.3, -0.25) is 19.6 Å². The molecule has 0 saturated carbocycles. The van der Waals surface area contributed by atoms with Gasteiger partial charge in [-0.05, 0) is 63.6 Å². The van der Waals surface area contributed by atoms with E-state index in [1.165, 1.54) is 0 Å². The van der Waals surface area contributed by atoms with Crippen LogP contribution < -0.4 is 10.6 Å². The Morgan fingerprint density at radius 3 is 2.43 bits per heavy atom. The SMILES string of the molecule is Cc1ccc(CN2CCN(C[C@@H](O)[C@H](Cc3ccccc3)NC(=O)O[C@@H]3CCS(=O)(=O)[C@@H]3C(C)C)[C@H](C(=O)NC(C)(C)C)C2)cn1.